The van der Waals surface area contributed by atoms with Gasteiger partial charge in [0.05, 0.1) is 12.0 Å². The molecular weight excluding hydrogens is 505 g/mol. The molecule has 1 saturated heterocycles. The van der Waals surface area contributed by atoms with E-state index < -0.39 is 15.7 Å². The predicted octanol–water partition coefficient (Wildman–Crippen LogP) is 5.30. The van der Waals surface area contributed by atoms with Crippen molar-refractivity contribution in [2.75, 3.05) is 43.1 Å². The summed E-state index contributed by atoms with van der Waals surface area (Å²) in [6, 6.07) is 19.3. The van der Waals surface area contributed by atoms with Gasteiger partial charge < -0.3 is 19.0 Å². The number of piperazine rings is 1. The van der Waals surface area contributed by atoms with E-state index in [0.717, 1.165) is 17.8 Å². The molecular formula is C26H23ClFN3O4S. The summed E-state index contributed by atoms with van der Waals surface area (Å²) in [5.41, 5.74) is 1.60. The molecule has 3 aromatic carbocycles. The van der Waals surface area contributed by atoms with Crippen molar-refractivity contribution in [3.05, 3.63) is 83.6 Å². The summed E-state index contributed by atoms with van der Waals surface area (Å²) in [6.07, 6.45) is 0. The van der Waals surface area contributed by atoms with Gasteiger partial charge in [0.25, 0.3) is 0 Å². The zero-order valence-corrected chi connectivity index (χ0v) is 21.0. The zero-order valence-electron chi connectivity index (χ0n) is 19.4. The molecule has 1 fully saturated rings. The van der Waals surface area contributed by atoms with Crippen LogP contribution in [0.4, 0.5) is 16.0 Å². The normalized spacial score (nSPS) is 14.2. The third-order valence-corrected chi connectivity index (χ3v) is 7.94. The average Bonchev–Trinajstić information content (AvgIpc) is 3.36. The second-order valence-corrected chi connectivity index (χ2v) is 10.6. The van der Waals surface area contributed by atoms with E-state index >= 15 is 0 Å². The van der Waals surface area contributed by atoms with Gasteiger partial charge in [0, 0.05) is 42.5 Å². The van der Waals surface area contributed by atoms with Gasteiger partial charge in [-0.05, 0) is 66.7 Å². The molecule has 1 aliphatic rings. The third kappa shape index (κ3) is 4.76. The highest BCUT2D eigenvalue weighted by Gasteiger charge is 2.33. The number of anilines is 2. The van der Waals surface area contributed by atoms with Gasteiger partial charge in [0.2, 0.25) is 26.6 Å². The molecule has 36 heavy (non-hydrogen) atoms. The molecule has 0 N–H and O–H groups in total. The largest absolute Gasteiger partial charge is 0.497 e. The van der Waals surface area contributed by atoms with Crippen LogP contribution in [0.1, 0.15) is 0 Å². The van der Waals surface area contributed by atoms with E-state index in [-0.39, 0.29) is 21.7 Å². The number of methoxy groups -OCH3 is 1. The minimum atomic E-state index is -4.08. The number of rotatable bonds is 6. The summed E-state index contributed by atoms with van der Waals surface area (Å²) >= 11 is 6.15. The Morgan fingerprint density at radius 3 is 2.25 bits per heavy atom. The van der Waals surface area contributed by atoms with Crippen molar-refractivity contribution in [1.82, 2.24) is 4.98 Å². The standard InChI is InChI=1S/C26H23ClFN3O4S/c1-34-22-9-5-18(6-10-22)24-29-25(36(32,33)23-11-7-20(28)8-12-23)26(35-24)31-15-13-30(14-16-31)21-4-2-3-19(27)17-21/h2-12,17H,13-16H2,1H3. The van der Waals surface area contributed by atoms with E-state index in [2.05, 4.69) is 9.88 Å². The van der Waals surface area contributed by atoms with Crippen molar-refractivity contribution in [3.63, 3.8) is 0 Å². The molecule has 4 aromatic rings. The van der Waals surface area contributed by atoms with Crippen LogP contribution in [0.3, 0.4) is 0 Å². The third-order valence-electron chi connectivity index (χ3n) is 6.04. The number of benzene rings is 3. The molecule has 0 amide bonds. The van der Waals surface area contributed by atoms with Gasteiger partial charge in [-0.1, -0.05) is 17.7 Å². The molecule has 0 spiro atoms. The highest BCUT2D eigenvalue weighted by Crippen LogP contribution is 2.36. The topological polar surface area (TPSA) is 75.9 Å². The molecule has 0 unspecified atom stereocenters. The number of halogens is 2. The van der Waals surface area contributed by atoms with E-state index in [1.165, 1.54) is 12.1 Å². The number of nitrogens with zero attached hydrogens (tertiary/aromatic N) is 3. The summed E-state index contributed by atoms with van der Waals surface area (Å²) in [5.74, 6) is 0.466. The lowest BCUT2D eigenvalue weighted by Crippen LogP contribution is -2.46. The molecule has 0 atom stereocenters. The van der Waals surface area contributed by atoms with Crippen LogP contribution in [0, 0.1) is 5.82 Å². The SMILES string of the molecule is COc1ccc(-c2nc(S(=O)(=O)c3ccc(F)cc3)c(N3CCN(c4cccc(Cl)c4)CC3)o2)cc1. The van der Waals surface area contributed by atoms with Crippen LogP contribution >= 0.6 is 11.6 Å². The Balaban J connectivity index is 1.50. The smallest absolute Gasteiger partial charge is 0.236 e. The quantitative estimate of drug-likeness (QED) is 0.315. The number of ether oxygens (including phenoxy) is 1. The molecule has 186 valence electrons. The van der Waals surface area contributed by atoms with Gasteiger partial charge in [-0.3, -0.25) is 0 Å². The van der Waals surface area contributed by atoms with Crippen LogP contribution in [0.2, 0.25) is 5.02 Å². The summed E-state index contributed by atoms with van der Waals surface area (Å²) in [6.45, 7) is 2.29. The highest BCUT2D eigenvalue weighted by atomic mass is 35.5. The first kappa shape index (κ1) is 24.1. The Morgan fingerprint density at radius 2 is 1.61 bits per heavy atom. The van der Waals surface area contributed by atoms with Gasteiger partial charge in [-0.25, -0.2) is 12.8 Å². The fourth-order valence-electron chi connectivity index (χ4n) is 4.10. The minimum Gasteiger partial charge on any atom is -0.497 e. The van der Waals surface area contributed by atoms with Gasteiger partial charge in [-0.2, -0.15) is 4.98 Å². The fraction of sp³-hybridized carbons (Fsp3) is 0.192. The number of sulfone groups is 1. The summed E-state index contributed by atoms with van der Waals surface area (Å²) < 4.78 is 51.9. The average molecular weight is 528 g/mol. The van der Waals surface area contributed by atoms with Crippen molar-refractivity contribution in [3.8, 4) is 17.2 Å². The maximum atomic E-state index is 13.6. The Labute approximate surface area is 213 Å². The molecule has 0 bridgehead atoms. The maximum absolute atomic E-state index is 13.6. The first-order chi connectivity index (χ1) is 17.3. The van der Waals surface area contributed by atoms with Crippen molar-refractivity contribution >= 4 is 33.0 Å². The number of hydrogen-bond donors (Lipinski definition) is 0. The van der Waals surface area contributed by atoms with E-state index in [9.17, 15) is 12.8 Å². The number of aromatic nitrogens is 1. The Morgan fingerprint density at radius 1 is 0.944 bits per heavy atom. The minimum absolute atomic E-state index is 0.0581. The van der Waals surface area contributed by atoms with Crippen molar-refractivity contribution < 1.29 is 22.0 Å². The molecule has 5 rings (SSSR count). The monoisotopic (exact) mass is 527 g/mol. The second-order valence-electron chi connectivity index (χ2n) is 8.27. The Bertz CT molecular complexity index is 1470. The molecule has 0 aliphatic carbocycles. The summed E-state index contributed by atoms with van der Waals surface area (Å²) in [4.78, 5) is 8.40. The molecule has 0 saturated carbocycles. The van der Waals surface area contributed by atoms with E-state index in [4.69, 9.17) is 20.8 Å². The number of hydrogen-bond acceptors (Lipinski definition) is 7. The van der Waals surface area contributed by atoms with Gasteiger partial charge in [0.1, 0.15) is 11.6 Å². The first-order valence-corrected chi connectivity index (χ1v) is 13.1. The van der Waals surface area contributed by atoms with Crippen LogP contribution in [0.5, 0.6) is 5.75 Å². The van der Waals surface area contributed by atoms with E-state index in [0.29, 0.717) is 42.5 Å². The van der Waals surface area contributed by atoms with Crippen LogP contribution in [0.25, 0.3) is 11.5 Å². The van der Waals surface area contributed by atoms with Crippen LogP contribution < -0.4 is 14.5 Å². The Kier molecular flexibility index (Phi) is 6.59. The van der Waals surface area contributed by atoms with Crippen LogP contribution in [-0.2, 0) is 9.84 Å². The second kappa shape index (κ2) is 9.83. The highest BCUT2D eigenvalue weighted by molar-refractivity contribution is 7.91. The van der Waals surface area contributed by atoms with Gasteiger partial charge in [-0.15, -0.1) is 0 Å². The lowest BCUT2D eigenvalue weighted by atomic mass is 10.2. The summed E-state index contributed by atoms with van der Waals surface area (Å²) in [5, 5.41) is 0.457. The predicted molar refractivity (Wildman–Crippen MR) is 136 cm³/mol. The molecule has 2 heterocycles. The van der Waals surface area contributed by atoms with Crippen molar-refractivity contribution in [2.24, 2.45) is 0 Å². The zero-order chi connectivity index (χ0) is 25.3. The van der Waals surface area contributed by atoms with Crippen LogP contribution in [0.15, 0.2) is 87.1 Å². The summed E-state index contributed by atoms with van der Waals surface area (Å²) in [7, 11) is -2.51. The lowest BCUT2D eigenvalue weighted by Gasteiger charge is -2.36. The van der Waals surface area contributed by atoms with Crippen molar-refractivity contribution in [2.45, 2.75) is 9.92 Å². The molecule has 0 radical (unpaired) electrons. The maximum Gasteiger partial charge on any atom is 0.236 e. The van der Waals surface area contributed by atoms with Gasteiger partial charge >= 0.3 is 0 Å². The van der Waals surface area contributed by atoms with Crippen molar-refractivity contribution in [1.29, 1.82) is 0 Å². The van der Waals surface area contributed by atoms with E-state index in [1.54, 1.807) is 31.4 Å². The molecule has 7 nitrogen and oxygen atoms in total. The molecule has 10 heteroatoms. The molecule has 1 aromatic heterocycles. The van der Waals surface area contributed by atoms with E-state index in [1.807, 2.05) is 29.2 Å². The first-order valence-electron chi connectivity index (χ1n) is 11.3. The lowest BCUT2D eigenvalue weighted by molar-refractivity contribution is 0.415. The fourth-order valence-corrected chi connectivity index (χ4v) is 5.60. The number of oxazole rings is 1. The van der Waals surface area contributed by atoms with Crippen LogP contribution in [-0.4, -0.2) is 46.7 Å². The Hall–Kier alpha value is -3.56. The molecule has 1 aliphatic heterocycles. The van der Waals surface area contributed by atoms with Gasteiger partial charge in [0.15, 0.2) is 0 Å².